The Labute approximate surface area is 134 Å². The molecule has 0 heterocycles. The normalized spacial score (nSPS) is 11.8. The van der Waals surface area contributed by atoms with Crippen LogP contribution >= 0.6 is 31.9 Å². The molecule has 0 aromatic heterocycles. The predicted octanol–water partition coefficient (Wildman–Crippen LogP) is 3.83. The number of carboxylic acid groups (broad SMARTS) is 1. The average Bonchev–Trinajstić information content (AvgIpc) is 2.37. The summed E-state index contributed by atoms with van der Waals surface area (Å²) in [4.78, 5) is 22.7. The minimum absolute atomic E-state index is 0.114. The lowest BCUT2D eigenvalue weighted by Gasteiger charge is -2.13. The highest BCUT2D eigenvalue weighted by Gasteiger charge is 2.17. The van der Waals surface area contributed by atoms with Crippen molar-refractivity contribution >= 4 is 49.5 Å². The molecule has 0 spiro atoms. The summed E-state index contributed by atoms with van der Waals surface area (Å²) >= 11 is 6.66. The van der Waals surface area contributed by atoms with Gasteiger partial charge in [-0.15, -0.1) is 0 Å². The second-order valence-electron chi connectivity index (χ2n) is 4.28. The van der Waals surface area contributed by atoms with Crippen molar-refractivity contribution < 1.29 is 14.7 Å². The van der Waals surface area contributed by atoms with E-state index in [-0.39, 0.29) is 6.54 Å². The summed E-state index contributed by atoms with van der Waals surface area (Å²) < 4.78 is 1.63. The van der Waals surface area contributed by atoms with Crippen LogP contribution in [0.3, 0.4) is 0 Å². The van der Waals surface area contributed by atoms with Crippen LogP contribution in [0.5, 0.6) is 0 Å². The Morgan fingerprint density at radius 1 is 1.35 bits per heavy atom. The predicted molar refractivity (Wildman–Crippen MR) is 84.9 cm³/mol. The van der Waals surface area contributed by atoms with Crippen LogP contribution in [-0.2, 0) is 4.79 Å². The Hall–Kier alpha value is -1.08. The second kappa shape index (κ2) is 8.26. The highest BCUT2D eigenvalue weighted by molar-refractivity contribution is 9.11. The molecule has 1 atom stereocenters. The molecule has 2 amide bonds. The number of hydrogen-bond acceptors (Lipinski definition) is 2. The number of amides is 2. The van der Waals surface area contributed by atoms with E-state index in [1.54, 1.807) is 12.1 Å². The molecule has 1 aromatic carbocycles. The van der Waals surface area contributed by atoms with Gasteiger partial charge in [0, 0.05) is 15.5 Å². The third kappa shape index (κ3) is 5.50. The zero-order valence-corrected chi connectivity index (χ0v) is 14.1. The number of carboxylic acids is 1. The first-order valence-electron chi connectivity index (χ1n) is 6.16. The molecule has 0 aliphatic heterocycles. The van der Waals surface area contributed by atoms with Gasteiger partial charge in [0.15, 0.2) is 0 Å². The summed E-state index contributed by atoms with van der Waals surface area (Å²) in [6.07, 6.45) is 1.30. The molecule has 0 fully saturated rings. The van der Waals surface area contributed by atoms with Gasteiger partial charge in [-0.05, 0) is 40.5 Å². The van der Waals surface area contributed by atoms with Crippen LogP contribution in [0.25, 0.3) is 0 Å². The van der Waals surface area contributed by atoms with E-state index in [1.807, 2.05) is 13.0 Å². The second-order valence-corrected chi connectivity index (χ2v) is 6.05. The minimum atomic E-state index is -0.892. The molecule has 0 bridgehead atoms. The molecule has 7 heteroatoms. The maximum Gasteiger partial charge on any atom is 0.319 e. The topological polar surface area (TPSA) is 78.4 Å². The number of aliphatic carboxylic acids is 1. The lowest BCUT2D eigenvalue weighted by atomic mass is 10.0. The zero-order chi connectivity index (χ0) is 15.1. The van der Waals surface area contributed by atoms with E-state index in [0.29, 0.717) is 12.1 Å². The number of nitrogens with one attached hydrogen (secondary N) is 2. The Kier molecular flexibility index (Phi) is 7.01. The Balaban J connectivity index is 2.53. The number of halogens is 2. The Morgan fingerprint density at radius 2 is 2.05 bits per heavy atom. The zero-order valence-electron chi connectivity index (χ0n) is 11.0. The number of carbonyl (C=O) groups is 2. The lowest BCUT2D eigenvalue weighted by molar-refractivity contribution is -0.141. The van der Waals surface area contributed by atoms with Gasteiger partial charge >= 0.3 is 12.0 Å². The van der Waals surface area contributed by atoms with Crippen molar-refractivity contribution in [3.8, 4) is 0 Å². The van der Waals surface area contributed by atoms with Gasteiger partial charge in [0.1, 0.15) is 0 Å². The van der Waals surface area contributed by atoms with Crippen molar-refractivity contribution in [3.63, 3.8) is 0 Å². The van der Waals surface area contributed by atoms with Gasteiger partial charge in [-0.25, -0.2) is 4.79 Å². The van der Waals surface area contributed by atoms with E-state index < -0.39 is 17.9 Å². The summed E-state index contributed by atoms with van der Waals surface area (Å²) in [5, 5.41) is 14.2. The molecule has 0 saturated heterocycles. The minimum Gasteiger partial charge on any atom is -0.481 e. The van der Waals surface area contributed by atoms with Gasteiger partial charge in [0.05, 0.1) is 11.6 Å². The van der Waals surface area contributed by atoms with E-state index in [0.717, 1.165) is 15.4 Å². The molecule has 1 aromatic rings. The van der Waals surface area contributed by atoms with Crippen LogP contribution in [0.1, 0.15) is 19.8 Å². The van der Waals surface area contributed by atoms with Gasteiger partial charge in [-0.1, -0.05) is 29.3 Å². The summed E-state index contributed by atoms with van der Waals surface area (Å²) in [6, 6.07) is 4.94. The van der Waals surface area contributed by atoms with E-state index in [9.17, 15) is 9.59 Å². The molecule has 5 nitrogen and oxygen atoms in total. The first-order chi connectivity index (χ1) is 9.43. The standard InChI is InChI=1S/C13H16Br2N2O3/c1-2-3-8(12(18)19)7-16-13(20)17-11-5-4-9(14)6-10(11)15/h4-6,8H,2-3,7H2,1H3,(H,18,19)(H2,16,17,20). The SMILES string of the molecule is CCCC(CNC(=O)Nc1ccc(Br)cc1Br)C(=O)O. The number of benzene rings is 1. The maximum absolute atomic E-state index is 11.7. The number of hydrogen-bond donors (Lipinski definition) is 3. The fraction of sp³-hybridized carbons (Fsp3) is 0.385. The summed E-state index contributed by atoms with van der Waals surface area (Å²) in [5.41, 5.74) is 0.619. The maximum atomic E-state index is 11.7. The fourth-order valence-corrected chi connectivity index (χ4v) is 2.78. The summed E-state index contributed by atoms with van der Waals surface area (Å²) in [6.45, 7) is 2.03. The number of urea groups is 1. The third-order valence-electron chi connectivity index (χ3n) is 2.67. The third-order valence-corrected chi connectivity index (χ3v) is 3.82. The van der Waals surface area contributed by atoms with Gasteiger partial charge in [-0.2, -0.15) is 0 Å². The van der Waals surface area contributed by atoms with Gasteiger partial charge in [-0.3, -0.25) is 4.79 Å². The van der Waals surface area contributed by atoms with Crippen molar-refractivity contribution in [1.29, 1.82) is 0 Å². The molecule has 110 valence electrons. The largest absolute Gasteiger partial charge is 0.481 e. The number of carbonyl (C=O) groups excluding carboxylic acids is 1. The average molecular weight is 408 g/mol. The van der Waals surface area contributed by atoms with Crippen LogP contribution in [0.15, 0.2) is 27.1 Å². The highest BCUT2D eigenvalue weighted by atomic mass is 79.9. The fourth-order valence-electron chi connectivity index (χ4n) is 1.63. The molecule has 0 aliphatic rings. The molecular formula is C13H16Br2N2O3. The van der Waals surface area contributed by atoms with Crippen molar-refractivity contribution in [2.75, 3.05) is 11.9 Å². The Morgan fingerprint density at radius 3 is 2.60 bits per heavy atom. The monoisotopic (exact) mass is 406 g/mol. The molecule has 0 saturated carbocycles. The van der Waals surface area contributed by atoms with Gasteiger partial charge in [0.25, 0.3) is 0 Å². The number of rotatable bonds is 6. The lowest BCUT2D eigenvalue weighted by Crippen LogP contribution is -2.35. The van der Waals surface area contributed by atoms with Gasteiger partial charge in [0.2, 0.25) is 0 Å². The van der Waals surface area contributed by atoms with Crippen molar-refractivity contribution in [3.05, 3.63) is 27.1 Å². The smallest absolute Gasteiger partial charge is 0.319 e. The van der Waals surface area contributed by atoms with Crippen molar-refractivity contribution in [1.82, 2.24) is 5.32 Å². The molecule has 20 heavy (non-hydrogen) atoms. The molecule has 1 unspecified atom stereocenters. The summed E-state index contributed by atoms with van der Waals surface area (Å²) in [5.74, 6) is -1.45. The van der Waals surface area contributed by atoms with E-state index in [2.05, 4.69) is 42.5 Å². The van der Waals surface area contributed by atoms with Gasteiger partial charge < -0.3 is 15.7 Å². The molecule has 0 radical (unpaired) electrons. The van der Waals surface area contributed by atoms with Crippen molar-refractivity contribution in [2.24, 2.45) is 5.92 Å². The first-order valence-corrected chi connectivity index (χ1v) is 7.75. The number of anilines is 1. The van der Waals surface area contributed by atoms with Crippen molar-refractivity contribution in [2.45, 2.75) is 19.8 Å². The molecule has 1 rings (SSSR count). The highest BCUT2D eigenvalue weighted by Crippen LogP contribution is 2.25. The quantitative estimate of drug-likeness (QED) is 0.670. The first kappa shape index (κ1) is 17.0. The molecule has 0 aliphatic carbocycles. The van der Waals surface area contributed by atoms with Crippen LogP contribution < -0.4 is 10.6 Å². The van der Waals surface area contributed by atoms with Crippen LogP contribution in [0, 0.1) is 5.92 Å². The van der Waals surface area contributed by atoms with Crippen LogP contribution in [0.2, 0.25) is 0 Å². The van der Waals surface area contributed by atoms with E-state index in [1.165, 1.54) is 0 Å². The Bertz CT molecular complexity index is 495. The van der Waals surface area contributed by atoms with E-state index >= 15 is 0 Å². The van der Waals surface area contributed by atoms with E-state index in [4.69, 9.17) is 5.11 Å². The molecule has 3 N–H and O–H groups in total. The van der Waals surface area contributed by atoms with Crippen LogP contribution in [-0.4, -0.2) is 23.7 Å². The summed E-state index contributed by atoms with van der Waals surface area (Å²) in [7, 11) is 0. The molecular weight excluding hydrogens is 392 g/mol. The van der Waals surface area contributed by atoms with Crippen LogP contribution in [0.4, 0.5) is 10.5 Å².